The fourth-order valence-corrected chi connectivity index (χ4v) is 2.53. The number of anilines is 1. The fraction of sp³-hybridized carbons (Fsp3) is 0.429. The van der Waals surface area contributed by atoms with Gasteiger partial charge in [0, 0.05) is 16.7 Å². The Morgan fingerprint density at radius 1 is 1.52 bits per heavy atom. The molecule has 1 aromatic rings. The fourth-order valence-electron chi connectivity index (χ4n) is 2.13. The number of morpholine rings is 1. The molecular formula is C14H17BrN2O4. The summed E-state index contributed by atoms with van der Waals surface area (Å²) in [5.74, 6) is -0.561. The second-order valence-electron chi connectivity index (χ2n) is 4.64. The molecule has 114 valence electrons. The van der Waals surface area contributed by atoms with E-state index in [4.69, 9.17) is 9.47 Å². The van der Waals surface area contributed by atoms with Crippen molar-refractivity contribution in [2.24, 2.45) is 0 Å². The largest absolute Gasteiger partial charge is 0.468 e. The molecule has 7 heteroatoms. The van der Waals surface area contributed by atoms with Crippen LogP contribution in [-0.4, -0.2) is 56.2 Å². The van der Waals surface area contributed by atoms with E-state index in [-0.39, 0.29) is 25.0 Å². The number of methoxy groups -OCH3 is 1. The minimum absolute atomic E-state index is 0.121. The van der Waals surface area contributed by atoms with E-state index in [1.807, 2.05) is 18.2 Å². The quantitative estimate of drug-likeness (QED) is 0.822. The Morgan fingerprint density at radius 3 is 3.05 bits per heavy atom. The Balaban J connectivity index is 1.95. The third kappa shape index (κ3) is 4.52. The number of benzene rings is 1. The predicted octanol–water partition coefficient (Wildman–Crippen LogP) is 1.26. The van der Waals surface area contributed by atoms with Gasteiger partial charge in [-0.15, -0.1) is 0 Å². The average Bonchev–Trinajstić information content (AvgIpc) is 2.47. The number of carbonyl (C=O) groups excluding carboxylic acids is 2. The Kier molecular flexibility index (Phi) is 5.72. The Bertz CT molecular complexity index is 523. The van der Waals surface area contributed by atoms with Crippen LogP contribution in [0.2, 0.25) is 0 Å². The molecule has 1 unspecified atom stereocenters. The van der Waals surface area contributed by atoms with E-state index in [0.717, 1.165) is 4.47 Å². The van der Waals surface area contributed by atoms with Crippen LogP contribution in [-0.2, 0) is 19.1 Å². The van der Waals surface area contributed by atoms with E-state index in [9.17, 15) is 9.59 Å². The molecule has 2 rings (SSSR count). The Morgan fingerprint density at radius 2 is 2.33 bits per heavy atom. The standard InChI is InChI=1S/C14H17BrN2O4/c1-20-14(19)12-9-21-6-5-17(12)8-13(18)16-11-4-2-3-10(15)7-11/h2-4,7,12H,5-6,8-9H2,1H3,(H,16,18). The molecule has 0 bridgehead atoms. The molecule has 0 aromatic heterocycles. The lowest BCUT2D eigenvalue weighted by Gasteiger charge is -2.32. The summed E-state index contributed by atoms with van der Waals surface area (Å²) >= 11 is 3.35. The van der Waals surface area contributed by atoms with Crippen LogP contribution in [0, 0.1) is 0 Å². The smallest absolute Gasteiger partial charge is 0.325 e. The van der Waals surface area contributed by atoms with Crippen molar-refractivity contribution in [3.8, 4) is 0 Å². The monoisotopic (exact) mass is 356 g/mol. The molecule has 6 nitrogen and oxygen atoms in total. The first kappa shape index (κ1) is 15.9. The van der Waals surface area contributed by atoms with Gasteiger partial charge in [-0.25, -0.2) is 0 Å². The van der Waals surface area contributed by atoms with Crippen molar-refractivity contribution in [1.29, 1.82) is 0 Å². The predicted molar refractivity (Wildman–Crippen MR) is 81.0 cm³/mol. The molecule has 21 heavy (non-hydrogen) atoms. The number of amides is 1. The summed E-state index contributed by atoms with van der Waals surface area (Å²) in [5, 5.41) is 2.80. The van der Waals surface area contributed by atoms with Gasteiger partial charge < -0.3 is 14.8 Å². The Hall–Kier alpha value is -1.44. The first-order chi connectivity index (χ1) is 10.1. The number of nitrogens with one attached hydrogen (secondary N) is 1. The maximum Gasteiger partial charge on any atom is 0.325 e. The Labute approximate surface area is 131 Å². The number of hydrogen-bond acceptors (Lipinski definition) is 5. The third-order valence-corrected chi connectivity index (χ3v) is 3.66. The summed E-state index contributed by atoms with van der Waals surface area (Å²) in [6, 6.07) is 6.81. The van der Waals surface area contributed by atoms with E-state index < -0.39 is 6.04 Å². The van der Waals surface area contributed by atoms with Crippen LogP contribution in [0.3, 0.4) is 0 Å². The lowest BCUT2D eigenvalue weighted by molar-refractivity contribution is -0.153. The van der Waals surface area contributed by atoms with Crippen LogP contribution < -0.4 is 5.32 Å². The lowest BCUT2D eigenvalue weighted by Crippen LogP contribution is -2.52. The molecule has 1 N–H and O–H groups in total. The second-order valence-corrected chi connectivity index (χ2v) is 5.56. The number of halogens is 1. The summed E-state index contributed by atoms with van der Waals surface area (Å²) in [4.78, 5) is 25.5. The van der Waals surface area contributed by atoms with Crippen molar-refractivity contribution in [2.45, 2.75) is 6.04 Å². The van der Waals surface area contributed by atoms with Gasteiger partial charge in [-0.1, -0.05) is 22.0 Å². The maximum atomic E-state index is 12.1. The van der Waals surface area contributed by atoms with Crippen molar-refractivity contribution >= 4 is 33.5 Å². The van der Waals surface area contributed by atoms with Crippen LogP contribution in [0.25, 0.3) is 0 Å². The summed E-state index contributed by atoms with van der Waals surface area (Å²) < 4.78 is 10.9. The van der Waals surface area contributed by atoms with Gasteiger partial charge in [0.15, 0.2) is 0 Å². The lowest BCUT2D eigenvalue weighted by atomic mass is 10.2. The van der Waals surface area contributed by atoms with Gasteiger partial charge in [0.2, 0.25) is 5.91 Å². The molecule has 0 spiro atoms. The van der Waals surface area contributed by atoms with Crippen LogP contribution in [0.4, 0.5) is 5.69 Å². The topological polar surface area (TPSA) is 67.9 Å². The number of esters is 1. The SMILES string of the molecule is COC(=O)C1COCCN1CC(=O)Nc1cccc(Br)c1. The second kappa shape index (κ2) is 7.53. The third-order valence-electron chi connectivity index (χ3n) is 3.17. The number of carbonyl (C=O) groups is 2. The first-order valence-electron chi connectivity index (χ1n) is 6.55. The molecule has 1 amide bonds. The molecule has 1 aromatic carbocycles. The zero-order valence-electron chi connectivity index (χ0n) is 11.7. The highest BCUT2D eigenvalue weighted by Gasteiger charge is 2.31. The van der Waals surface area contributed by atoms with Crippen molar-refractivity contribution < 1.29 is 19.1 Å². The van der Waals surface area contributed by atoms with Crippen LogP contribution in [0.15, 0.2) is 28.7 Å². The van der Waals surface area contributed by atoms with Gasteiger partial charge in [0.1, 0.15) is 6.04 Å². The summed E-state index contributed by atoms with van der Waals surface area (Å²) in [6.45, 7) is 1.38. The van der Waals surface area contributed by atoms with E-state index in [1.165, 1.54) is 7.11 Å². The zero-order valence-corrected chi connectivity index (χ0v) is 13.3. The van der Waals surface area contributed by atoms with Crippen molar-refractivity contribution in [2.75, 3.05) is 38.7 Å². The summed E-state index contributed by atoms with van der Waals surface area (Å²) in [6.07, 6.45) is 0. The first-order valence-corrected chi connectivity index (χ1v) is 7.34. The van der Waals surface area contributed by atoms with Crippen molar-refractivity contribution in [1.82, 2.24) is 4.90 Å². The molecule has 1 atom stereocenters. The molecule has 0 saturated carbocycles. The number of nitrogens with zero attached hydrogens (tertiary/aromatic N) is 1. The minimum Gasteiger partial charge on any atom is -0.468 e. The van der Waals surface area contributed by atoms with E-state index in [1.54, 1.807) is 11.0 Å². The van der Waals surface area contributed by atoms with Gasteiger partial charge in [0.25, 0.3) is 0 Å². The number of ether oxygens (including phenoxy) is 2. The van der Waals surface area contributed by atoms with Crippen LogP contribution >= 0.6 is 15.9 Å². The molecule has 0 radical (unpaired) electrons. The normalized spacial score (nSPS) is 19.0. The molecular weight excluding hydrogens is 340 g/mol. The van der Waals surface area contributed by atoms with Gasteiger partial charge in [-0.3, -0.25) is 14.5 Å². The highest BCUT2D eigenvalue weighted by atomic mass is 79.9. The molecule has 1 fully saturated rings. The molecule has 1 aliphatic heterocycles. The van der Waals surface area contributed by atoms with E-state index in [2.05, 4.69) is 21.2 Å². The molecule has 1 aliphatic rings. The van der Waals surface area contributed by atoms with Gasteiger partial charge in [-0.2, -0.15) is 0 Å². The number of rotatable bonds is 4. The van der Waals surface area contributed by atoms with Gasteiger partial charge in [0.05, 0.1) is 26.9 Å². The van der Waals surface area contributed by atoms with Crippen molar-refractivity contribution in [3.05, 3.63) is 28.7 Å². The highest BCUT2D eigenvalue weighted by molar-refractivity contribution is 9.10. The summed E-state index contributed by atoms with van der Waals surface area (Å²) in [7, 11) is 1.33. The maximum absolute atomic E-state index is 12.1. The zero-order chi connectivity index (χ0) is 15.2. The number of hydrogen-bond donors (Lipinski definition) is 1. The molecule has 1 saturated heterocycles. The highest BCUT2D eigenvalue weighted by Crippen LogP contribution is 2.16. The van der Waals surface area contributed by atoms with Gasteiger partial charge in [-0.05, 0) is 18.2 Å². The molecule has 0 aliphatic carbocycles. The molecule has 1 heterocycles. The van der Waals surface area contributed by atoms with Crippen LogP contribution in [0.5, 0.6) is 0 Å². The van der Waals surface area contributed by atoms with E-state index in [0.29, 0.717) is 18.8 Å². The van der Waals surface area contributed by atoms with Crippen LogP contribution in [0.1, 0.15) is 0 Å². The summed E-state index contributed by atoms with van der Waals surface area (Å²) in [5.41, 5.74) is 0.706. The van der Waals surface area contributed by atoms with E-state index >= 15 is 0 Å². The minimum atomic E-state index is -0.531. The van der Waals surface area contributed by atoms with Gasteiger partial charge >= 0.3 is 5.97 Å². The average molecular weight is 357 g/mol. The van der Waals surface area contributed by atoms with Crippen molar-refractivity contribution in [3.63, 3.8) is 0 Å².